The molecule has 0 heterocycles. The number of carbonyl (C=O) groups excluding carboxylic acids is 2. The monoisotopic (exact) mass is 189 g/mol. The first kappa shape index (κ1) is 8.94. The van der Waals surface area contributed by atoms with E-state index < -0.39 is 11.3 Å². The molecule has 0 saturated heterocycles. The molecular formula is C11H11NO2. The second-order valence-corrected chi connectivity index (χ2v) is 3.70. The molecule has 0 atom stereocenters. The summed E-state index contributed by atoms with van der Waals surface area (Å²) in [5, 5.41) is 0. The van der Waals surface area contributed by atoms with Gasteiger partial charge in [-0.3, -0.25) is 9.59 Å². The Morgan fingerprint density at radius 3 is 2.21 bits per heavy atom. The Bertz CT molecular complexity index is 376. The summed E-state index contributed by atoms with van der Waals surface area (Å²) in [6.45, 7) is 0. The number of amides is 1. The molecule has 1 saturated carbocycles. The minimum absolute atomic E-state index is 0.104. The van der Waals surface area contributed by atoms with E-state index in [0.29, 0.717) is 0 Å². The van der Waals surface area contributed by atoms with Gasteiger partial charge in [0.05, 0.1) is 5.41 Å². The maximum Gasteiger partial charge on any atom is 0.228 e. The molecule has 0 radical (unpaired) electrons. The molecule has 0 aromatic heterocycles. The molecule has 1 aliphatic carbocycles. The van der Waals surface area contributed by atoms with Gasteiger partial charge in [-0.25, -0.2) is 0 Å². The van der Waals surface area contributed by atoms with Crippen LogP contribution in [0.3, 0.4) is 0 Å². The van der Waals surface area contributed by atoms with Crippen molar-refractivity contribution in [3.63, 3.8) is 0 Å². The number of hydrogen-bond acceptors (Lipinski definition) is 2. The lowest BCUT2D eigenvalue weighted by atomic mass is 9.63. The van der Waals surface area contributed by atoms with Crippen LogP contribution < -0.4 is 5.73 Å². The van der Waals surface area contributed by atoms with Crippen molar-refractivity contribution < 1.29 is 9.59 Å². The van der Waals surface area contributed by atoms with E-state index in [-0.39, 0.29) is 18.6 Å². The van der Waals surface area contributed by atoms with Gasteiger partial charge in [-0.15, -0.1) is 0 Å². The van der Waals surface area contributed by atoms with Crippen LogP contribution in [0.25, 0.3) is 0 Å². The third-order valence-electron chi connectivity index (χ3n) is 2.80. The highest BCUT2D eigenvalue weighted by Crippen LogP contribution is 2.40. The van der Waals surface area contributed by atoms with Crippen molar-refractivity contribution in [2.45, 2.75) is 18.3 Å². The van der Waals surface area contributed by atoms with Crippen LogP contribution in [0.5, 0.6) is 0 Å². The Labute approximate surface area is 81.9 Å². The van der Waals surface area contributed by atoms with Gasteiger partial charge in [0.2, 0.25) is 5.91 Å². The first-order valence-corrected chi connectivity index (χ1v) is 4.52. The summed E-state index contributed by atoms with van der Waals surface area (Å²) in [4.78, 5) is 22.3. The molecule has 1 aromatic rings. The number of primary amides is 1. The zero-order chi connectivity index (χ0) is 10.2. The Hall–Kier alpha value is -1.64. The molecule has 72 valence electrons. The second kappa shape index (κ2) is 2.94. The number of carbonyl (C=O) groups is 2. The van der Waals surface area contributed by atoms with Crippen LogP contribution in [0.4, 0.5) is 0 Å². The number of rotatable bonds is 2. The third kappa shape index (κ3) is 1.13. The van der Waals surface area contributed by atoms with E-state index in [2.05, 4.69) is 0 Å². The lowest BCUT2D eigenvalue weighted by Crippen LogP contribution is -2.51. The molecule has 0 aliphatic heterocycles. The Kier molecular flexibility index (Phi) is 1.88. The predicted molar refractivity (Wildman–Crippen MR) is 51.6 cm³/mol. The molecule has 0 unspecified atom stereocenters. The summed E-state index contributed by atoms with van der Waals surface area (Å²) >= 11 is 0. The van der Waals surface area contributed by atoms with E-state index >= 15 is 0 Å². The summed E-state index contributed by atoms with van der Waals surface area (Å²) < 4.78 is 0. The van der Waals surface area contributed by atoms with Crippen LogP contribution in [0.1, 0.15) is 18.4 Å². The minimum Gasteiger partial charge on any atom is -0.369 e. The summed E-state index contributed by atoms with van der Waals surface area (Å²) in [6, 6.07) is 9.26. The fourth-order valence-electron chi connectivity index (χ4n) is 1.90. The van der Waals surface area contributed by atoms with Gasteiger partial charge in [-0.2, -0.15) is 0 Å². The summed E-state index contributed by atoms with van der Waals surface area (Å²) in [7, 11) is 0. The first-order chi connectivity index (χ1) is 6.65. The van der Waals surface area contributed by atoms with Crippen molar-refractivity contribution in [3.8, 4) is 0 Å². The average Bonchev–Trinajstić information content (AvgIpc) is 2.13. The Balaban J connectivity index is 2.39. The topological polar surface area (TPSA) is 60.2 Å². The number of hydrogen-bond donors (Lipinski definition) is 1. The van der Waals surface area contributed by atoms with Crippen LogP contribution in [-0.2, 0) is 15.0 Å². The van der Waals surface area contributed by atoms with E-state index in [1.165, 1.54) is 0 Å². The highest BCUT2D eigenvalue weighted by atomic mass is 16.2. The molecule has 2 rings (SSSR count). The maximum absolute atomic E-state index is 11.3. The van der Waals surface area contributed by atoms with E-state index in [0.717, 1.165) is 5.56 Å². The van der Waals surface area contributed by atoms with Crippen molar-refractivity contribution in [1.82, 2.24) is 0 Å². The van der Waals surface area contributed by atoms with E-state index in [9.17, 15) is 9.59 Å². The third-order valence-corrected chi connectivity index (χ3v) is 2.80. The zero-order valence-electron chi connectivity index (χ0n) is 7.69. The van der Waals surface area contributed by atoms with Crippen molar-refractivity contribution in [2.75, 3.05) is 0 Å². The van der Waals surface area contributed by atoms with Gasteiger partial charge in [-0.1, -0.05) is 30.3 Å². The number of nitrogens with two attached hydrogens (primary N) is 1. The van der Waals surface area contributed by atoms with Crippen molar-refractivity contribution in [3.05, 3.63) is 35.9 Å². The zero-order valence-corrected chi connectivity index (χ0v) is 7.69. The maximum atomic E-state index is 11.3. The fourth-order valence-corrected chi connectivity index (χ4v) is 1.90. The summed E-state index contributed by atoms with van der Waals surface area (Å²) in [6.07, 6.45) is 0.513. The lowest BCUT2D eigenvalue weighted by molar-refractivity contribution is -0.139. The molecule has 14 heavy (non-hydrogen) atoms. The normalized spacial score (nSPS) is 18.7. The molecule has 0 spiro atoms. The summed E-state index contributed by atoms with van der Waals surface area (Å²) in [5.41, 5.74) is 5.47. The van der Waals surface area contributed by atoms with E-state index in [4.69, 9.17) is 5.73 Å². The van der Waals surface area contributed by atoms with Gasteiger partial charge in [0, 0.05) is 12.8 Å². The molecule has 0 bridgehead atoms. The highest BCUT2D eigenvalue weighted by Gasteiger charge is 2.49. The van der Waals surface area contributed by atoms with Gasteiger partial charge in [0.25, 0.3) is 0 Å². The van der Waals surface area contributed by atoms with Crippen molar-refractivity contribution in [2.24, 2.45) is 5.73 Å². The molecule has 1 aliphatic rings. The summed E-state index contributed by atoms with van der Waals surface area (Å²) in [5.74, 6) is -0.295. The minimum atomic E-state index is -0.724. The number of benzene rings is 1. The molecule has 3 heteroatoms. The van der Waals surface area contributed by atoms with E-state index in [1.54, 1.807) is 0 Å². The van der Waals surface area contributed by atoms with Gasteiger partial charge < -0.3 is 5.73 Å². The predicted octanol–water partition coefficient (Wildman–Crippen LogP) is 0.773. The Morgan fingerprint density at radius 2 is 1.79 bits per heavy atom. The number of ketones is 1. The van der Waals surface area contributed by atoms with Gasteiger partial charge in [-0.05, 0) is 5.56 Å². The van der Waals surface area contributed by atoms with Crippen LogP contribution >= 0.6 is 0 Å². The quantitative estimate of drug-likeness (QED) is 0.747. The van der Waals surface area contributed by atoms with Crippen LogP contribution in [0, 0.1) is 0 Å². The molecule has 1 aromatic carbocycles. The first-order valence-electron chi connectivity index (χ1n) is 4.52. The molecule has 1 amide bonds. The van der Waals surface area contributed by atoms with Gasteiger partial charge in [0.15, 0.2) is 0 Å². The standard InChI is InChI=1S/C11H11NO2/c12-10(14)11(6-9(13)7-11)8-4-2-1-3-5-8/h1-5H,6-7H2,(H2,12,14). The Morgan fingerprint density at radius 1 is 1.21 bits per heavy atom. The molecule has 2 N–H and O–H groups in total. The SMILES string of the molecule is NC(=O)C1(c2ccccc2)CC(=O)C1. The van der Waals surface area contributed by atoms with Crippen LogP contribution in [-0.4, -0.2) is 11.7 Å². The van der Waals surface area contributed by atoms with Crippen LogP contribution in [0.2, 0.25) is 0 Å². The average molecular weight is 189 g/mol. The fraction of sp³-hybridized carbons (Fsp3) is 0.273. The smallest absolute Gasteiger partial charge is 0.228 e. The van der Waals surface area contributed by atoms with Gasteiger partial charge in [0.1, 0.15) is 5.78 Å². The molecular weight excluding hydrogens is 178 g/mol. The van der Waals surface area contributed by atoms with Crippen molar-refractivity contribution >= 4 is 11.7 Å². The number of Topliss-reactive ketones (excluding diaryl/α,β-unsaturated/α-hetero) is 1. The van der Waals surface area contributed by atoms with Crippen LogP contribution in [0.15, 0.2) is 30.3 Å². The lowest BCUT2D eigenvalue weighted by Gasteiger charge is -2.37. The van der Waals surface area contributed by atoms with Crippen molar-refractivity contribution in [1.29, 1.82) is 0 Å². The highest BCUT2D eigenvalue weighted by molar-refractivity contribution is 6.03. The second-order valence-electron chi connectivity index (χ2n) is 3.70. The van der Waals surface area contributed by atoms with E-state index in [1.807, 2.05) is 30.3 Å². The molecule has 3 nitrogen and oxygen atoms in total. The largest absolute Gasteiger partial charge is 0.369 e. The van der Waals surface area contributed by atoms with Gasteiger partial charge >= 0.3 is 0 Å². The molecule has 1 fully saturated rings.